The molecule has 1 aliphatic heterocycles. The third-order valence-electron chi connectivity index (χ3n) is 5.06. The van der Waals surface area contributed by atoms with Crippen LogP contribution in [0.15, 0.2) is 24.3 Å². The molecule has 142 valence electrons. The molecule has 26 heavy (non-hydrogen) atoms. The molecule has 3 atom stereocenters. The Labute approximate surface area is 154 Å². The average Bonchev–Trinajstić information content (AvgIpc) is 2.65. The third kappa shape index (κ3) is 4.42. The number of carbonyl (C=O) groups excluding carboxylic acids is 2. The van der Waals surface area contributed by atoms with Crippen LogP contribution < -0.4 is 5.32 Å². The number of carbonyl (C=O) groups is 3. The second-order valence-electron chi connectivity index (χ2n) is 6.95. The summed E-state index contributed by atoms with van der Waals surface area (Å²) >= 11 is 0. The lowest BCUT2D eigenvalue weighted by Gasteiger charge is -2.37. The van der Waals surface area contributed by atoms with Gasteiger partial charge in [0.25, 0.3) is 0 Å². The molecule has 6 heteroatoms. The fourth-order valence-electron chi connectivity index (χ4n) is 3.26. The molecule has 0 aliphatic carbocycles. The first-order valence-corrected chi connectivity index (χ1v) is 9.29. The summed E-state index contributed by atoms with van der Waals surface area (Å²) in [7, 11) is 0. The highest BCUT2D eigenvalue weighted by Crippen LogP contribution is 2.25. The monoisotopic (exact) mass is 360 g/mol. The predicted molar refractivity (Wildman–Crippen MR) is 98.4 cm³/mol. The molecule has 0 bridgehead atoms. The van der Waals surface area contributed by atoms with E-state index in [2.05, 4.69) is 5.32 Å². The van der Waals surface area contributed by atoms with Crippen LogP contribution in [0.25, 0.3) is 0 Å². The number of fused-ring (bicyclic) bond motifs is 1. The molecule has 3 unspecified atom stereocenters. The molecule has 0 saturated carbocycles. The molecule has 0 spiro atoms. The first-order valence-electron chi connectivity index (χ1n) is 9.29. The van der Waals surface area contributed by atoms with E-state index in [0.29, 0.717) is 32.2 Å². The summed E-state index contributed by atoms with van der Waals surface area (Å²) in [6, 6.07) is 6.17. The normalized spacial score (nSPS) is 18.6. The number of carboxylic acids is 1. The summed E-state index contributed by atoms with van der Waals surface area (Å²) in [6.45, 7) is 6.05. The van der Waals surface area contributed by atoms with Gasteiger partial charge in [0.05, 0.1) is 0 Å². The molecule has 0 radical (unpaired) electrons. The Bertz CT molecular complexity index is 674. The number of rotatable bonds is 7. The molecular formula is C20H28N2O4. The minimum absolute atomic E-state index is 0.0653. The Hall–Kier alpha value is -2.37. The summed E-state index contributed by atoms with van der Waals surface area (Å²) in [5.74, 6) is -1.68. The van der Waals surface area contributed by atoms with Crippen molar-refractivity contribution in [3.05, 3.63) is 35.4 Å². The molecule has 1 aromatic carbocycles. The van der Waals surface area contributed by atoms with Crippen LogP contribution in [0.4, 0.5) is 0 Å². The van der Waals surface area contributed by atoms with E-state index in [0.717, 1.165) is 11.1 Å². The van der Waals surface area contributed by atoms with E-state index >= 15 is 0 Å². The van der Waals surface area contributed by atoms with Crippen molar-refractivity contribution >= 4 is 17.8 Å². The second kappa shape index (κ2) is 8.83. The highest BCUT2D eigenvalue weighted by atomic mass is 16.4. The van der Waals surface area contributed by atoms with E-state index in [1.54, 1.807) is 4.90 Å². The van der Waals surface area contributed by atoms with Gasteiger partial charge < -0.3 is 15.3 Å². The van der Waals surface area contributed by atoms with Gasteiger partial charge in [-0.3, -0.25) is 9.59 Å². The zero-order valence-corrected chi connectivity index (χ0v) is 15.7. The van der Waals surface area contributed by atoms with E-state index in [1.807, 2.05) is 45.0 Å². The van der Waals surface area contributed by atoms with Gasteiger partial charge in [0.2, 0.25) is 11.8 Å². The van der Waals surface area contributed by atoms with Crippen molar-refractivity contribution < 1.29 is 19.5 Å². The number of hydrogen-bond acceptors (Lipinski definition) is 3. The van der Waals surface area contributed by atoms with Crippen LogP contribution in [0.1, 0.15) is 51.2 Å². The molecule has 1 aliphatic rings. The lowest BCUT2D eigenvalue weighted by molar-refractivity contribution is -0.147. The number of amides is 2. The van der Waals surface area contributed by atoms with Gasteiger partial charge >= 0.3 is 5.97 Å². The Morgan fingerprint density at radius 3 is 2.46 bits per heavy atom. The first kappa shape index (κ1) is 19.9. The van der Waals surface area contributed by atoms with Gasteiger partial charge in [-0.25, -0.2) is 4.79 Å². The first-order chi connectivity index (χ1) is 12.4. The standard InChI is InChI=1S/C20H28N2O4/c1-4-8-16(20(25)26)21-18(23)17-11-14-9-6-7-10-15(14)12-22(17)19(24)13(3)5-2/h6-7,9-10,13,16-17H,4-5,8,11-12H2,1-3H3,(H,21,23)(H,25,26). The largest absolute Gasteiger partial charge is 0.480 e. The number of carboxylic acid groups (broad SMARTS) is 1. The predicted octanol–water partition coefficient (Wildman–Crippen LogP) is 2.36. The van der Waals surface area contributed by atoms with Gasteiger partial charge in [-0.05, 0) is 24.0 Å². The maximum absolute atomic E-state index is 12.9. The number of hydrogen-bond donors (Lipinski definition) is 2. The topological polar surface area (TPSA) is 86.7 Å². The van der Waals surface area contributed by atoms with Crippen LogP contribution in [0.5, 0.6) is 0 Å². The van der Waals surface area contributed by atoms with Crippen LogP contribution in [-0.2, 0) is 27.3 Å². The van der Waals surface area contributed by atoms with Gasteiger partial charge in [-0.15, -0.1) is 0 Å². The lowest BCUT2D eigenvalue weighted by Crippen LogP contribution is -2.56. The number of benzene rings is 1. The summed E-state index contributed by atoms with van der Waals surface area (Å²) < 4.78 is 0. The quantitative estimate of drug-likeness (QED) is 0.781. The van der Waals surface area contributed by atoms with Crippen molar-refractivity contribution in [3.8, 4) is 0 Å². The van der Waals surface area contributed by atoms with Crippen molar-refractivity contribution in [2.45, 2.75) is 65.1 Å². The molecule has 6 nitrogen and oxygen atoms in total. The molecular weight excluding hydrogens is 332 g/mol. The summed E-state index contributed by atoms with van der Waals surface area (Å²) in [5.41, 5.74) is 2.07. The Kier molecular flexibility index (Phi) is 6.77. The Balaban J connectivity index is 2.27. The van der Waals surface area contributed by atoms with Crippen molar-refractivity contribution in [3.63, 3.8) is 0 Å². The van der Waals surface area contributed by atoms with Crippen molar-refractivity contribution in [1.82, 2.24) is 10.2 Å². The minimum atomic E-state index is -1.05. The summed E-state index contributed by atoms with van der Waals surface area (Å²) in [4.78, 5) is 38.7. The third-order valence-corrected chi connectivity index (χ3v) is 5.06. The minimum Gasteiger partial charge on any atom is -0.480 e. The smallest absolute Gasteiger partial charge is 0.326 e. The van der Waals surface area contributed by atoms with E-state index in [4.69, 9.17) is 0 Å². The van der Waals surface area contributed by atoms with Crippen LogP contribution in [-0.4, -0.2) is 39.9 Å². The molecule has 1 heterocycles. The van der Waals surface area contributed by atoms with Crippen LogP contribution in [0, 0.1) is 5.92 Å². The molecule has 0 fully saturated rings. The van der Waals surface area contributed by atoms with Gasteiger partial charge in [0, 0.05) is 18.9 Å². The Morgan fingerprint density at radius 1 is 1.23 bits per heavy atom. The van der Waals surface area contributed by atoms with Gasteiger partial charge in [0.1, 0.15) is 12.1 Å². The van der Waals surface area contributed by atoms with Gasteiger partial charge in [-0.2, -0.15) is 0 Å². The highest BCUT2D eigenvalue weighted by molar-refractivity contribution is 5.91. The highest BCUT2D eigenvalue weighted by Gasteiger charge is 2.37. The number of nitrogens with one attached hydrogen (secondary N) is 1. The van der Waals surface area contributed by atoms with Crippen molar-refractivity contribution in [2.24, 2.45) is 5.92 Å². The Morgan fingerprint density at radius 2 is 1.88 bits per heavy atom. The number of nitrogens with zero attached hydrogens (tertiary/aromatic N) is 1. The molecule has 0 aromatic heterocycles. The van der Waals surface area contributed by atoms with E-state index in [9.17, 15) is 19.5 Å². The van der Waals surface area contributed by atoms with E-state index in [-0.39, 0.29) is 11.8 Å². The molecule has 2 rings (SSSR count). The van der Waals surface area contributed by atoms with Crippen LogP contribution >= 0.6 is 0 Å². The lowest BCUT2D eigenvalue weighted by atomic mass is 9.91. The summed E-state index contributed by atoms with van der Waals surface area (Å²) in [5, 5.41) is 11.9. The molecule has 1 aromatic rings. The fraction of sp³-hybridized carbons (Fsp3) is 0.550. The van der Waals surface area contributed by atoms with Crippen LogP contribution in [0.2, 0.25) is 0 Å². The maximum Gasteiger partial charge on any atom is 0.326 e. The van der Waals surface area contributed by atoms with Gasteiger partial charge in [-0.1, -0.05) is 51.5 Å². The number of aliphatic carboxylic acids is 1. The van der Waals surface area contributed by atoms with Crippen molar-refractivity contribution in [2.75, 3.05) is 0 Å². The molecule has 2 amide bonds. The maximum atomic E-state index is 12.9. The molecule has 2 N–H and O–H groups in total. The van der Waals surface area contributed by atoms with Gasteiger partial charge in [0.15, 0.2) is 0 Å². The van der Waals surface area contributed by atoms with E-state index in [1.165, 1.54) is 0 Å². The van der Waals surface area contributed by atoms with Crippen molar-refractivity contribution in [1.29, 1.82) is 0 Å². The zero-order chi connectivity index (χ0) is 19.3. The summed E-state index contributed by atoms with van der Waals surface area (Å²) in [6.07, 6.45) is 2.12. The SMILES string of the molecule is CCCC(NC(=O)C1Cc2ccccc2CN1C(=O)C(C)CC)C(=O)O. The fourth-order valence-corrected chi connectivity index (χ4v) is 3.26. The molecule has 0 saturated heterocycles. The zero-order valence-electron chi connectivity index (χ0n) is 15.7. The average molecular weight is 360 g/mol. The van der Waals surface area contributed by atoms with E-state index < -0.39 is 24.0 Å². The van der Waals surface area contributed by atoms with Crippen LogP contribution in [0.3, 0.4) is 0 Å². The second-order valence-corrected chi connectivity index (χ2v) is 6.95.